The van der Waals surface area contributed by atoms with Crippen LogP contribution in [0.4, 0.5) is 5.69 Å². The van der Waals surface area contributed by atoms with E-state index in [4.69, 9.17) is 9.47 Å². The number of aryl methyl sites for hydroxylation is 3. The van der Waals surface area contributed by atoms with Gasteiger partial charge in [0.05, 0.1) is 30.8 Å². The Morgan fingerprint density at radius 3 is 2.14 bits per heavy atom. The van der Waals surface area contributed by atoms with E-state index in [0.29, 0.717) is 11.4 Å². The van der Waals surface area contributed by atoms with Gasteiger partial charge in [-0.15, -0.1) is 0 Å². The minimum Gasteiger partial charge on any atom is -0.493 e. The first-order valence-corrected chi connectivity index (χ1v) is 12.7. The average molecular weight is 497 g/mol. The van der Waals surface area contributed by atoms with Gasteiger partial charge in [-0.1, -0.05) is 35.9 Å². The zero-order chi connectivity index (χ0) is 25.8. The highest BCUT2D eigenvalue weighted by Crippen LogP contribution is 2.32. The maximum Gasteiger partial charge on any atom is 0.264 e. The fraction of sp³-hybridized carbons (Fsp3) is 0.296. The number of carbonyl (C=O) groups is 1. The number of nitrogens with one attached hydrogen (secondary N) is 1. The van der Waals surface area contributed by atoms with Gasteiger partial charge in [-0.2, -0.15) is 0 Å². The number of carbonyl (C=O) groups excluding carboxylic acids is 1. The normalized spacial score (nSPS) is 12.1. The first kappa shape index (κ1) is 26.1. The molecule has 3 aromatic carbocycles. The third-order valence-corrected chi connectivity index (χ3v) is 7.73. The molecular weight excluding hydrogens is 464 g/mol. The standard InChI is InChI=1S/C27H32N2O5S/c1-18-7-11-23(12-8-18)29(35(31,32)24-13-14-25(33-5)26(16-24)34-6)17-27(30)28-21(4)22-10-9-19(2)20(3)15-22/h7-16,21H,17H2,1-6H3,(H,28,30). The zero-order valence-corrected chi connectivity index (χ0v) is 21.8. The van der Waals surface area contributed by atoms with Gasteiger partial charge in [-0.3, -0.25) is 9.10 Å². The topological polar surface area (TPSA) is 84.9 Å². The van der Waals surface area contributed by atoms with Crippen molar-refractivity contribution in [2.75, 3.05) is 25.1 Å². The Bertz CT molecular complexity index is 1300. The molecule has 0 bridgehead atoms. The van der Waals surface area contributed by atoms with Crippen LogP contribution in [-0.2, 0) is 14.8 Å². The SMILES string of the molecule is COc1ccc(S(=O)(=O)N(CC(=O)NC(C)c2ccc(C)c(C)c2)c2ccc(C)cc2)cc1OC. The van der Waals surface area contributed by atoms with Crippen molar-refractivity contribution in [2.45, 2.75) is 38.6 Å². The van der Waals surface area contributed by atoms with Crippen LogP contribution in [0.5, 0.6) is 11.5 Å². The lowest BCUT2D eigenvalue weighted by Gasteiger charge is -2.25. The van der Waals surface area contributed by atoms with E-state index >= 15 is 0 Å². The third kappa shape index (κ3) is 5.95. The van der Waals surface area contributed by atoms with Gasteiger partial charge in [0, 0.05) is 6.07 Å². The molecule has 0 fully saturated rings. The minimum atomic E-state index is -4.10. The molecule has 1 atom stereocenters. The molecule has 1 unspecified atom stereocenters. The number of nitrogens with zero attached hydrogens (tertiary/aromatic N) is 1. The van der Waals surface area contributed by atoms with Crippen LogP contribution in [0.2, 0.25) is 0 Å². The Morgan fingerprint density at radius 1 is 0.886 bits per heavy atom. The van der Waals surface area contributed by atoms with Crippen molar-refractivity contribution in [3.05, 3.63) is 82.9 Å². The van der Waals surface area contributed by atoms with Gasteiger partial charge in [0.2, 0.25) is 5.91 Å². The Kier molecular flexibility index (Phi) is 8.07. The lowest BCUT2D eigenvalue weighted by Crippen LogP contribution is -2.41. The van der Waals surface area contributed by atoms with Gasteiger partial charge in [0.1, 0.15) is 6.54 Å². The fourth-order valence-corrected chi connectivity index (χ4v) is 5.10. The molecule has 1 N–H and O–H groups in total. The second kappa shape index (κ2) is 10.8. The summed E-state index contributed by atoms with van der Waals surface area (Å²) in [5.74, 6) is 0.277. The maximum absolute atomic E-state index is 13.7. The van der Waals surface area contributed by atoms with Crippen molar-refractivity contribution in [2.24, 2.45) is 0 Å². The molecule has 0 aromatic heterocycles. The number of hydrogen-bond acceptors (Lipinski definition) is 5. The Hall–Kier alpha value is -3.52. The van der Waals surface area contributed by atoms with E-state index in [9.17, 15) is 13.2 Å². The smallest absolute Gasteiger partial charge is 0.264 e. The van der Waals surface area contributed by atoms with E-state index in [1.165, 1.54) is 38.0 Å². The summed E-state index contributed by atoms with van der Waals surface area (Å²) in [6.45, 7) is 7.45. The van der Waals surface area contributed by atoms with Crippen LogP contribution in [0.3, 0.4) is 0 Å². The second-order valence-corrected chi connectivity index (χ2v) is 10.4. The molecule has 35 heavy (non-hydrogen) atoms. The molecule has 0 aliphatic rings. The van der Waals surface area contributed by atoms with Crippen molar-refractivity contribution >= 4 is 21.6 Å². The number of rotatable bonds is 9. The Morgan fingerprint density at radius 2 is 1.54 bits per heavy atom. The summed E-state index contributed by atoms with van der Waals surface area (Å²) in [5.41, 5.74) is 4.61. The van der Waals surface area contributed by atoms with E-state index in [0.717, 1.165) is 21.0 Å². The summed E-state index contributed by atoms with van der Waals surface area (Å²) in [7, 11) is -1.18. The van der Waals surface area contributed by atoms with Gasteiger partial charge < -0.3 is 14.8 Å². The molecule has 0 spiro atoms. The highest BCUT2D eigenvalue weighted by Gasteiger charge is 2.29. The lowest BCUT2D eigenvalue weighted by molar-refractivity contribution is -0.120. The van der Waals surface area contributed by atoms with E-state index in [1.54, 1.807) is 12.1 Å². The van der Waals surface area contributed by atoms with Crippen LogP contribution in [0.25, 0.3) is 0 Å². The summed E-state index contributed by atoms with van der Waals surface area (Å²) in [6.07, 6.45) is 0. The van der Waals surface area contributed by atoms with Crippen LogP contribution in [-0.4, -0.2) is 35.1 Å². The quantitative estimate of drug-likeness (QED) is 0.464. The molecule has 186 valence electrons. The molecule has 8 heteroatoms. The first-order chi connectivity index (χ1) is 16.6. The maximum atomic E-state index is 13.7. The lowest BCUT2D eigenvalue weighted by atomic mass is 10.0. The van der Waals surface area contributed by atoms with Crippen molar-refractivity contribution in [3.63, 3.8) is 0 Å². The summed E-state index contributed by atoms with van der Waals surface area (Å²) >= 11 is 0. The van der Waals surface area contributed by atoms with Crippen molar-refractivity contribution < 1.29 is 22.7 Å². The predicted molar refractivity (Wildman–Crippen MR) is 138 cm³/mol. The summed E-state index contributed by atoms with van der Waals surface area (Å²) in [5, 5.41) is 2.93. The van der Waals surface area contributed by atoms with Crippen molar-refractivity contribution in [1.29, 1.82) is 0 Å². The molecule has 3 aromatic rings. The van der Waals surface area contributed by atoms with E-state index < -0.39 is 15.9 Å². The molecule has 1 amide bonds. The highest BCUT2D eigenvalue weighted by molar-refractivity contribution is 7.92. The van der Waals surface area contributed by atoms with Crippen LogP contribution < -0.4 is 19.1 Å². The number of sulfonamides is 1. The van der Waals surface area contributed by atoms with Gasteiger partial charge in [-0.05, 0) is 68.7 Å². The van der Waals surface area contributed by atoms with Gasteiger partial charge in [-0.25, -0.2) is 8.42 Å². The molecular formula is C27H32N2O5S. The number of ether oxygens (including phenoxy) is 2. The second-order valence-electron chi connectivity index (χ2n) is 8.50. The summed E-state index contributed by atoms with van der Waals surface area (Å²) < 4.78 is 39.0. The van der Waals surface area contributed by atoms with E-state index in [-0.39, 0.29) is 23.2 Å². The number of hydrogen-bond donors (Lipinski definition) is 1. The number of amides is 1. The monoisotopic (exact) mass is 496 g/mol. The number of methoxy groups -OCH3 is 2. The summed E-state index contributed by atoms with van der Waals surface area (Å²) in [4.78, 5) is 13.1. The zero-order valence-electron chi connectivity index (χ0n) is 21.0. The van der Waals surface area contributed by atoms with E-state index in [1.807, 2.05) is 58.0 Å². The molecule has 0 aliphatic carbocycles. The molecule has 7 nitrogen and oxygen atoms in total. The largest absolute Gasteiger partial charge is 0.493 e. The Labute approximate surface area is 207 Å². The van der Waals surface area contributed by atoms with Gasteiger partial charge >= 0.3 is 0 Å². The average Bonchev–Trinajstić information content (AvgIpc) is 2.84. The summed E-state index contributed by atoms with van der Waals surface area (Å²) in [6, 6.07) is 17.1. The molecule has 3 rings (SSSR count). The third-order valence-electron chi connectivity index (χ3n) is 5.96. The molecule has 0 heterocycles. The fourth-order valence-electron chi connectivity index (χ4n) is 3.67. The van der Waals surface area contributed by atoms with Crippen molar-refractivity contribution in [3.8, 4) is 11.5 Å². The van der Waals surface area contributed by atoms with E-state index in [2.05, 4.69) is 5.32 Å². The number of anilines is 1. The highest BCUT2D eigenvalue weighted by atomic mass is 32.2. The van der Waals surface area contributed by atoms with Gasteiger partial charge in [0.25, 0.3) is 10.0 Å². The van der Waals surface area contributed by atoms with Crippen LogP contribution in [0.15, 0.2) is 65.6 Å². The first-order valence-electron chi connectivity index (χ1n) is 11.2. The molecule has 0 aliphatic heterocycles. The molecule has 0 saturated heterocycles. The molecule has 0 radical (unpaired) electrons. The van der Waals surface area contributed by atoms with Crippen molar-refractivity contribution in [1.82, 2.24) is 5.32 Å². The number of benzene rings is 3. The van der Waals surface area contributed by atoms with Crippen LogP contribution in [0, 0.1) is 20.8 Å². The van der Waals surface area contributed by atoms with Gasteiger partial charge in [0.15, 0.2) is 11.5 Å². The van der Waals surface area contributed by atoms with Crippen LogP contribution >= 0.6 is 0 Å². The molecule has 0 saturated carbocycles. The van der Waals surface area contributed by atoms with Crippen LogP contribution in [0.1, 0.15) is 35.2 Å². The Balaban J connectivity index is 1.93. The minimum absolute atomic E-state index is 0.00858. The predicted octanol–water partition coefficient (Wildman–Crippen LogP) is 4.70.